The van der Waals surface area contributed by atoms with Gasteiger partial charge in [-0.1, -0.05) is 32.9 Å². The summed E-state index contributed by atoms with van der Waals surface area (Å²) < 4.78 is 45.5. The Labute approximate surface area is 287 Å². The molecule has 5 atom stereocenters. The predicted octanol–water partition coefficient (Wildman–Crippen LogP) is 4.11. The number of hydrogen-bond acceptors (Lipinski definition) is 10. The predicted molar refractivity (Wildman–Crippen MR) is 180 cm³/mol. The molecular weight excluding hydrogens is 650 g/mol. The molecule has 3 fully saturated rings. The molecule has 1 saturated heterocycles. The molecule has 0 radical (unpaired) electrons. The first-order valence-corrected chi connectivity index (χ1v) is 18.6. The second kappa shape index (κ2) is 13.4. The number of fused-ring (bicyclic) bond motifs is 3. The highest BCUT2D eigenvalue weighted by Gasteiger charge is 2.61. The van der Waals surface area contributed by atoms with Crippen LogP contribution in [0.2, 0.25) is 0 Å². The maximum absolute atomic E-state index is 14.4. The number of cyclic esters (lactones) is 1. The topological polar surface area (TPSA) is 158 Å². The van der Waals surface area contributed by atoms with E-state index >= 15 is 0 Å². The molecule has 13 heteroatoms. The number of carbonyl (C=O) groups excluding carboxylic acids is 4. The van der Waals surface area contributed by atoms with Crippen molar-refractivity contribution in [2.24, 2.45) is 22.7 Å². The normalized spacial score (nSPS) is 28.1. The average molecular weight is 696 g/mol. The van der Waals surface area contributed by atoms with Gasteiger partial charge in [-0.2, -0.15) is 0 Å². The van der Waals surface area contributed by atoms with E-state index in [1.165, 1.54) is 4.90 Å². The first kappa shape index (κ1) is 34.8. The Morgan fingerprint density at radius 2 is 1.86 bits per heavy atom. The average Bonchev–Trinajstić information content (AvgIpc) is 3.97. The van der Waals surface area contributed by atoms with Gasteiger partial charge in [0, 0.05) is 24.4 Å². The van der Waals surface area contributed by atoms with Crippen molar-refractivity contribution in [1.82, 2.24) is 14.6 Å². The largest absolute Gasteiger partial charge is 0.494 e. The number of nitrogens with zero attached hydrogens (tertiary/aromatic N) is 2. The molecule has 0 spiro atoms. The van der Waals surface area contributed by atoms with Gasteiger partial charge in [0.25, 0.3) is 0 Å². The van der Waals surface area contributed by atoms with Crippen molar-refractivity contribution in [2.75, 3.05) is 19.8 Å². The third-order valence-corrected chi connectivity index (χ3v) is 12.1. The molecule has 2 aromatic rings. The Bertz CT molecular complexity index is 1770. The first-order chi connectivity index (χ1) is 23.2. The highest BCUT2D eigenvalue weighted by atomic mass is 32.2. The molecular formula is C36H45N3O9S. The summed E-state index contributed by atoms with van der Waals surface area (Å²) in [5, 5.41) is 0.994. The van der Waals surface area contributed by atoms with Crippen molar-refractivity contribution < 1.29 is 41.8 Å². The monoisotopic (exact) mass is 695 g/mol. The molecule has 4 aliphatic rings. The first-order valence-electron chi connectivity index (χ1n) is 17.1. The van der Waals surface area contributed by atoms with Crippen molar-refractivity contribution >= 4 is 44.4 Å². The van der Waals surface area contributed by atoms with Gasteiger partial charge in [0.1, 0.15) is 11.9 Å². The van der Waals surface area contributed by atoms with Crippen LogP contribution in [-0.2, 0) is 33.9 Å². The number of pyridine rings is 1. The number of allylic oxidation sites excluding steroid dienone is 1. The van der Waals surface area contributed by atoms with Gasteiger partial charge in [0.15, 0.2) is 5.78 Å². The molecule has 264 valence electrons. The summed E-state index contributed by atoms with van der Waals surface area (Å²) in [5.41, 5.74) is -1.94. The van der Waals surface area contributed by atoms with Crippen molar-refractivity contribution in [3.63, 3.8) is 0 Å². The summed E-state index contributed by atoms with van der Waals surface area (Å²) >= 11 is 0. The van der Waals surface area contributed by atoms with Crippen LogP contribution in [0.3, 0.4) is 0 Å². The number of ether oxygens (including phenoxy) is 3. The zero-order valence-corrected chi connectivity index (χ0v) is 29.1. The van der Waals surface area contributed by atoms with Crippen LogP contribution in [0.1, 0.15) is 72.1 Å². The SMILES string of the molecule is C=CC1CC1(CC(=O)C1CC2CN1C(=O)C(C(C)(C)C)CC(=O)OCCCCOc1ccc3ccnc(c3c1)O2)C(=O)NS(=O)(=O)C1CC1. The van der Waals surface area contributed by atoms with E-state index in [1.807, 2.05) is 45.0 Å². The molecule has 3 heterocycles. The lowest BCUT2D eigenvalue weighted by Crippen LogP contribution is -2.48. The molecule has 1 aromatic heterocycles. The molecule has 12 nitrogen and oxygen atoms in total. The van der Waals surface area contributed by atoms with Gasteiger partial charge in [-0.3, -0.25) is 23.9 Å². The number of sulfonamides is 1. The van der Waals surface area contributed by atoms with Crippen LogP contribution in [0.4, 0.5) is 0 Å². The molecule has 49 heavy (non-hydrogen) atoms. The Hall–Kier alpha value is -4.00. The summed E-state index contributed by atoms with van der Waals surface area (Å²) in [6.07, 6.45) is 4.73. The molecule has 2 amide bonds. The number of benzene rings is 1. The van der Waals surface area contributed by atoms with Crippen LogP contribution in [0.25, 0.3) is 10.8 Å². The maximum atomic E-state index is 14.4. The smallest absolute Gasteiger partial charge is 0.306 e. The minimum Gasteiger partial charge on any atom is -0.494 e. The number of aromatic nitrogens is 1. The maximum Gasteiger partial charge on any atom is 0.306 e. The minimum absolute atomic E-state index is 0.0469. The quantitative estimate of drug-likeness (QED) is 0.330. The molecule has 5 unspecified atom stereocenters. The van der Waals surface area contributed by atoms with Crippen LogP contribution in [0.5, 0.6) is 11.6 Å². The molecule has 2 aliphatic heterocycles. The lowest BCUT2D eigenvalue weighted by molar-refractivity contribution is -0.153. The number of Topliss-reactive ketones (excluding diaryl/α,β-unsaturated/α-hetero) is 1. The Balaban J connectivity index is 1.32. The number of ketones is 1. The van der Waals surface area contributed by atoms with Crippen LogP contribution in [-0.4, -0.2) is 79.0 Å². The number of carbonyl (C=O) groups is 4. The van der Waals surface area contributed by atoms with Gasteiger partial charge in [-0.25, -0.2) is 13.4 Å². The number of hydrogen-bond donors (Lipinski definition) is 1. The molecule has 6 rings (SSSR count). The number of esters is 1. The fourth-order valence-electron chi connectivity index (χ4n) is 6.97. The third kappa shape index (κ3) is 7.46. The van der Waals surface area contributed by atoms with E-state index in [2.05, 4.69) is 16.3 Å². The van der Waals surface area contributed by atoms with Gasteiger partial charge in [0.05, 0.1) is 48.8 Å². The second-order valence-corrected chi connectivity index (χ2v) is 16.9. The van der Waals surface area contributed by atoms with Crippen molar-refractivity contribution in [3.05, 3.63) is 43.1 Å². The number of amides is 2. The molecule has 1 N–H and O–H groups in total. The number of rotatable bonds is 7. The minimum atomic E-state index is -3.84. The Morgan fingerprint density at radius 3 is 2.53 bits per heavy atom. The third-order valence-electron chi connectivity index (χ3n) is 10.2. The van der Waals surface area contributed by atoms with E-state index in [-0.39, 0.29) is 56.4 Å². The van der Waals surface area contributed by atoms with Crippen molar-refractivity contribution in [3.8, 4) is 11.6 Å². The highest BCUT2D eigenvalue weighted by Crippen LogP contribution is 2.57. The van der Waals surface area contributed by atoms with E-state index in [0.29, 0.717) is 43.9 Å². The lowest BCUT2D eigenvalue weighted by Gasteiger charge is -2.34. The second-order valence-electron chi connectivity index (χ2n) is 14.9. The molecule has 2 aliphatic carbocycles. The molecule has 2 saturated carbocycles. The molecule has 1 aromatic carbocycles. The van der Waals surface area contributed by atoms with Crippen molar-refractivity contribution in [1.29, 1.82) is 0 Å². The van der Waals surface area contributed by atoms with E-state index in [9.17, 15) is 27.6 Å². The zero-order valence-electron chi connectivity index (χ0n) is 28.3. The Morgan fingerprint density at radius 1 is 1.12 bits per heavy atom. The lowest BCUT2D eigenvalue weighted by atomic mass is 9.77. The fraction of sp³-hybridized carbons (Fsp3) is 0.583. The van der Waals surface area contributed by atoms with Gasteiger partial charge < -0.3 is 19.1 Å². The van der Waals surface area contributed by atoms with Gasteiger partial charge in [0.2, 0.25) is 27.7 Å². The summed E-state index contributed by atoms with van der Waals surface area (Å²) in [7, 11) is -3.84. The zero-order chi connectivity index (χ0) is 35.1. The molecule has 4 bridgehead atoms. The summed E-state index contributed by atoms with van der Waals surface area (Å²) in [4.78, 5) is 61.2. The summed E-state index contributed by atoms with van der Waals surface area (Å²) in [6.45, 7) is 10.1. The van der Waals surface area contributed by atoms with Gasteiger partial charge in [-0.15, -0.1) is 6.58 Å². The van der Waals surface area contributed by atoms with Gasteiger partial charge in [-0.05, 0) is 67.0 Å². The fourth-order valence-corrected chi connectivity index (χ4v) is 8.36. The Kier molecular flexibility index (Phi) is 9.51. The van der Waals surface area contributed by atoms with Crippen LogP contribution in [0.15, 0.2) is 43.1 Å². The van der Waals surface area contributed by atoms with Gasteiger partial charge >= 0.3 is 5.97 Å². The van der Waals surface area contributed by atoms with E-state index < -0.39 is 56.0 Å². The number of nitrogens with one attached hydrogen (secondary N) is 1. The van der Waals surface area contributed by atoms with E-state index in [0.717, 1.165) is 10.8 Å². The standard InChI is InChI=1S/C36H45N3O9S/c1-5-23-19-36(23,34(43)38-49(44,45)26-10-11-26)20-30(40)29-17-25-21-39(29)33(42)28(35(2,3)4)18-31(41)47-15-7-6-14-46-24-9-8-22-12-13-37-32(48-25)27(22)16-24/h5,8-9,12-13,16,23,25-26,28-29H,1,6-7,10-11,14-15,17-21H2,2-4H3,(H,38,43). The van der Waals surface area contributed by atoms with E-state index in [1.54, 1.807) is 12.3 Å². The van der Waals surface area contributed by atoms with Crippen LogP contribution in [0, 0.1) is 22.7 Å². The van der Waals surface area contributed by atoms with Crippen LogP contribution < -0.4 is 14.2 Å². The van der Waals surface area contributed by atoms with E-state index in [4.69, 9.17) is 14.2 Å². The summed E-state index contributed by atoms with van der Waals surface area (Å²) in [6, 6.07) is 6.49. The highest BCUT2D eigenvalue weighted by molar-refractivity contribution is 7.90. The summed E-state index contributed by atoms with van der Waals surface area (Å²) in [5.74, 6) is -2.23. The van der Waals surface area contributed by atoms with Crippen molar-refractivity contribution in [2.45, 2.75) is 89.5 Å². The van der Waals surface area contributed by atoms with Crippen LogP contribution >= 0.6 is 0 Å².